The summed E-state index contributed by atoms with van der Waals surface area (Å²) >= 11 is 0. The van der Waals surface area contributed by atoms with Crippen molar-refractivity contribution in [1.82, 2.24) is 15.5 Å². The molecule has 1 aliphatic heterocycles. The van der Waals surface area contributed by atoms with E-state index >= 15 is 0 Å². The quantitative estimate of drug-likeness (QED) is 0.853. The molecular weight excluding hydrogens is 214 g/mol. The van der Waals surface area contributed by atoms with E-state index in [9.17, 15) is 0 Å². The first-order valence-corrected chi connectivity index (χ1v) is 5.90. The van der Waals surface area contributed by atoms with Crippen LogP contribution in [-0.2, 0) is 0 Å². The zero-order valence-corrected chi connectivity index (χ0v) is 9.76. The number of aryl methyl sites for hydroxylation is 1. The molecule has 1 aromatic heterocycles. The summed E-state index contributed by atoms with van der Waals surface area (Å²) in [6.45, 7) is 3.73. The minimum atomic E-state index is 0.290. The van der Waals surface area contributed by atoms with Gasteiger partial charge in [0.25, 0.3) is 0 Å². The van der Waals surface area contributed by atoms with Crippen LogP contribution in [0.4, 0.5) is 0 Å². The van der Waals surface area contributed by atoms with Crippen molar-refractivity contribution in [2.45, 2.75) is 18.8 Å². The highest BCUT2D eigenvalue weighted by Gasteiger charge is 2.33. The summed E-state index contributed by atoms with van der Waals surface area (Å²) < 4.78 is 5.30. The Morgan fingerprint density at radius 1 is 1.18 bits per heavy atom. The molecule has 2 aromatic rings. The van der Waals surface area contributed by atoms with Gasteiger partial charge in [-0.2, -0.15) is 4.98 Å². The molecule has 17 heavy (non-hydrogen) atoms. The van der Waals surface area contributed by atoms with Gasteiger partial charge >= 0.3 is 0 Å². The SMILES string of the molecule is Cc1noc(C2CNCC2c2ccccc2)n1. The number of aromatic nitrogens is 2. The smallest absolute Gasteiger partial charge is 0.231 e. The normalized spacial score (nSPS) is 24.1. The highest BCUT2D eigenvalue weighted by atomic mass is 16.5. The van der Waals surface area contributed by atoms with Gasteiger partial charge in [-0.25, -0.2) is 0 Å². The molecule has 4 heteroatoms. The van der Waals surface area contributed by atoms with Crippen LogP contribution in [0.2, 0.25) is 0 Å². The van der Waals surface area contributed by atoms with E-state index < -0.39 is 0 Å². The molecule has 4 nitrogen and oxygen atoms in total. The Labute approximate surface area is 100 Å². The molecule has 2 atom stereocenters. The summed E-state index contributed by atoms with van der Waals surface area (Å²) in [5, 5.41) is 7.28. The van der Waals surface area contributed by atoms with E-state index in [2.05, 4.69) is 39.7 Å². The number of nitrogens with one attached hydrogen (secondary N) is 1. The molecule has 2 heterocycles. The zero-order chi connectivity index (χ0) is 11.7. The monoisotopic (exact) mass is 229 g/mol. The van der Waals surface area contributed by atoms with Crippen molar-refractivity contribution < 1.29 is 4.52 Å². The van der Waals surface area contributed by atoms with Gasteiger partial charge in [0.05, 0.1) is 5.92 Å². The molecule has 2 unspecified atom stereocenters. The van der Waals surface area contributed by atoms with E-state index in [1.165, 1.54) is 5.56 Å². The summed E-state index contributed by atoms with van der Waals surface area (Å²) in [7, 11) is 0. The van der Waals surface area contributed by atoms with Crippen LogP contribution in [0, 0.1) is 6.92 Å². The molecule has 88 valence electrons. The lowest BCUT2D eigenvalue weighted by Crippen LogP contribution is -2.09. The Bertz CT molecular complexity index is 494. The first-order valence-electron chi connectivity index (χ1n) is 5.90. The average Bonchev–Trinajstić information content (AvgIpc) is 2.98. The summed E-state index contributed by atoms with van der Waals surface area (Å²) in [4.78, 5) is 4.35. The van der Waals surface area contributed by atoms with E-state index in [0.717, 1.165) is 19.0 Å². The van der Waals surface area contributed by atoms with Crippen LogP contribution in [0.5, 0.6) is 0 Å². The summed E-state index contributed by atoms with van der Waals surface area (Å²) in [6, 6.07) is 10.5. The third kappa shape index (κ3) is 1.96. The Kier molecular flexibility index (Phi) is 2.65. The van der Waals surface area contributed by atoms with E-state index in [-0.39, 0.29) is 0 Å². The summed E-state index contributed by atoms with van der Waals surface area (Å²) in [5.74, 6) is 2.18. The highest BCUT2D eigenvalue weighted by Crippen LogP contribution is 2.34. The second kappa shape index (κ2) is 4.30. The maximum Gasteiger partial charge on any atom is 0.231 e. The Hall–Kier alpha value is -1.68. The average molecular weight is 229 g/mol. The van der Waals surface area contributed by atoms with Crippen LogP contribution in [0.15, 0.2) is 34.9 Å². The van der Waals surface area contributed by atoms with Gasteiger partial charge in [0, 0.05) is 19.0 Å². The molecule has 0 radical (unpaired) electrons. The number of rotatable bonds is 2. The number of nitrogens with zero attached hydrogens (tertiary/aromatic N) is 2. The van der Waals surface area contributed by atoms with Crippen molar-refractivity contribution in [1.29, 1.82) is 0 Å². The molecule has 0 aliphatic carbocycles. The minimum Gasteiger partial charge on any atom is -0.339 e. The minimum absolute atomic E-state index is 0.290. The zero-order valence-electron chi connectivity index (χ0n) is 9.76. The van der Waals surface area contributed by atoms with Gasteiger partial charge in [-0.15, -0.1) is 0 Å². The standard InChI is InChI=1S/C13H15N3O/c1-9-15-13(17-16-9)12-8-14-7-11(12)10-5-3-2-4-6-10/h2-6,11-12,14H,7-8H2,1H3. The fourth-order valence-electron chi connectivity index (χ4n) is 2.45. The van der Waals surface area contributed by atoms with E-state index in [1.807, 2.05) is 13.0 Å². The van der Waals surface area contributed by atoms with Gasteiger partial charge < -0.3 is 9.84 Å². The van der Waals surface area contributed by atoms with Crippen LogP contribution in [0.3, 0.4) is 0 Å². The molecule has 1 fully saturated rings. The number of benzene rings is 1. The van der Waals surface area contributed by atoms with Crippen molar-refractivity contribution >= 4 is 0 Å². The largest absolute Gasteiger partial charge is 0.339 e. The maximum absolute atomic E-state index is 5.30. The molecule has 0 saturated carbocycles. The van der Waals surface area contributed by atoms with Crippen LogP contribution >= 0.6 is 0 Å². The Balaban J connectivity index is 1.90. The third-order valence-electron chi connectivity index (χ3n) is 3.30. The van der Waals surface area contributed by atoms with Crippen LogP contribution in [0.1, 0.15) is 29.1 Å². The molecular formula is C13H15N3O. The van der Waals surface area contributed by atoms with Crippen molar-refractivity contribution in [2.75, 3.05) is 13.1 Å². The second-order valence-electron chi connectivity index (χ2n) is 4.46. The molecule has 1 saturated heterocycles. The van der Waals surface area contributed by atoms with Gasteiger partial charge in [-0.1, -0.05) is 35.5 Å². The summed E-state index contributed by atoms with van der Waals surface area (Å²) in [6.07, 6.45) is 0. The molecule has 1 aliphatic rings. The summed E-state index contributed by atoms with van der Waals surface area (Å²) in [5.41, 5.74) is 1.33. The van der Waals surface area contributed by atoms with Crippen molar-refractivity contribution in [3.8, 4) is 0 Å². The fourth-order valence-corrected chi connectivity index (χ4v) is 2.45. The van der Waals surface area contributed by atoms with Gasteiger partial charge in [0.15, 0.2) is 5.82 Å². The lowest BCUT2D eigenvalue weighted by molar-refractivity contribution is 0.348. The first kappa shape index (κ1) is 10.5. The van der Waals surface area contributed by atoms with E-state index in [1.54, 1.807) is 0 Å². The Morgan fingerprint density at radius 2 is 1.94 bits per heavy atom. The fraction of sp³-hybridized carbons (Fsp3) is 0.385. The first-order chi connectivity index (χ1) is 8.34. The second-order valence-corrected chi connectivity index (χ2v) is 4.46. The highest BCUT2D eigenvalue weighted by molar-refractivity contribution is 5.25. The lowest BCUT2D eigenvalue weighted by atomic mass is 9.89. The lowest BCUT2D eigenvalue weighted by Gasteiger charge is -2.14. The predicted molar refractivity (Wildman–Crippen MR) is 63.8 cm³/mol. The van der Waals surface area contributed by atoms with E-state index in [0.29, 0.717) is 17.7 Å². The van der Waals surface area contributed by atoms with Gasteiger partial charge in [0.2, 0.25) is 5.89 Å². The molecule has 1 aromatic carbocycles. The van der Waals surface area contributed by atoms with Crippen molar-refractivity contribution in [2.24, 2.45) is 0 Å². The molecule has 0 amide bonds. The van der Waals surface area contributed by atoms with Crippen LogP contribution in [-0.4, -0.2) is 23.2 Å². The van der Waals surface area contributed by atoms with Crippen molar-refractivity contribution in [3.63, 3.8) is 0 Å². The van der Waals surface area contributed by atoms with Crippen molar-refractivity contribution in [3.05, 3.63) is 47.6 Å². The Morgan fingerprint density at radius 3 is 2.65 bits per heavy atom. The topological polar surface area (TPSA) is 51.0 Å². The van der Waals surface area contributed by atoms with Gasteiger partial charge in [-0.05, 0) is 12.5 Å². The third-order valence-corrected chi connectivity index (χ3v) is 3.30. The van der Waals surface area contributed by atoms with E-state index in [4.69, 9.17) is 4.52 Å². The predicted octanol–water partition coefficient (Wildman–Crippen LogP) is 1.85. The maximum atomic E-state index is 5.30. The van der Waals surface area contributed by atoms with Crippen LogP contribution < -0.4 is 5.32 Å². The van der Waals surface area contributed by atoms with Gasteiger partial charge in [0.1, 0.15) is 0 Å². The van der Waals surface area contributed by atoms with Gasteiger partial charge in [-0.3, -0.25) is 0 Å². The molecule has 1 N–H and O–H groups in total. The number of hydrogen-bond donors (Lipinski definition) is 1. The van der Waals surface area contributed by atoms with Crippen LogP contribution in [0.25, 0.3) is 0 Å². The molecule has 0 spiro atoms. The molecule has 3 rings (SSSR count). The number of hydrogen-bond acceptors (Lipinski definition) is 4. The molecule has 0 bridgehead atoms.